The molecule has 2 heterocycles. The van der Waals surface area contributed by atoms with Crippen molar-refractivity contribution in [1.29, 1.82) is 0 Å². The van der Waals surface area contributed by atoms with E-state index in [1.54, 1.807) is 23.9 Å². The van der Waals surface area contributed by atoms with Crippen LogP contribution < -0.4 is 5.73 Å². The van der Waals surface area contributed by atoms with Crippen LogP contribution >= 0.6 is 11.8 Å². The molecule has 0 amide bonds. The standard InChI is InChI=1S/C10H12N4OS/c1-2-16-6-9-13-10(15-14-9)7-4-3-5-8(11)12-7/h3-5H,2,6H2,1H3,(H2,11,12). The van der Waals surface area contributed by atoms with Gasteiger partial charge in [-0.25, -0.2) is 4.98 Å². The van der Waals surface area contributed by atoms with Gasteiger partial charge in [-0.2, -0.15) is 16.7 Å². The third-order valence-corrected chi connectivity index (χ3v) is 2.76. The minimum absolute atomic E-state index is 0.416. The SMILES string of the molecule is CCSCc1noc(-c2cccc(N)n2)n1. The second-order valence-corrected chi connectivity index (χ2v) is 4.37. The summed E-state index contributed by atoms with van der Waals surface area (Å²) in [5.41, 5.74) is 6.19. The molecule has 2 aromatic rings. The maximum atomic E-state index is 5.58. The highest BCUT2D eigenvalue weighted by Crippen LogP contribution is 2.17. The molecular weight excluding hydrogens is 224 g/mol. The molecule has 0 aliphatic rings. The number of nitrogens with two attached hydrogens (primary N) is 1. The molecule has 0 fully saturated rings. The second-order valence-electron chi connectivity index (χ2n) is 3.10. The number of nitrogens with zero attached hydrogens (tertiary/aromatic N) is 3. The van der Waals surface area contributed by atoms with Crippen LogP contribution in [0.4, 0.5) is 5.82 Å². The zero-order valence-corrected chi connectivity index (χ0v) is 9.70. The minimum Gasteiger partial charge on any atom is -0.384 e. The third kappa shape index (κ3) is 2.52. The lowest BCUT2D eigenvalue weighted by Crippen LogP contribution is -1.91. The van der Waals surface area contributed by atoms with Crippen LogP contribution in [0.1, 0.15) is 12.7 Å². The Balaban J connectivity index is 2.18. The van der Waals surface area contributed by atoms with E-state index in [0.717, 1.165) is 11.5 Å². The Morgan fingerprint density at radius 3 is 3.00 bits per heavy atom. The van der Waals surface area contributed by atoms with Crippen LogP contribution in [-0.4, -0.2) is 20.9 Å². The summed E-state index contributed by atoms with van der Waals surface area (Å²) in [6.45, 7) is 2.09. The van der Waals surface area contributed by atoms with E-state index in [9.17, 15) is 0 Å². The lowest BCUT2D eigenvalue weighted by atomic mass is 10.3. The molecular formula is C10H12N4OS. The Labute approximate surface area is 97.5 Å². The summed E-state index contributed by atoms with van der Waals surface area (Å²) < 4.78 is 5.11. The molecule has 5 nitrogen and oxygen atoms in total. The van der Waals surface area contributed by atoms with Gasteiger partial charge in [0.2, 0.25) is 0 Å². The Hall–Kier alpha value is -1.56. The second kappa shape index (κ2) is 4.98. The van der Waals surface area contributed by atoms with E-state index in [-0.39, 0.29) is 0 Å². The van der Waals surface area contributed by atoms with Gasteiger partial charge in [0.1, 0.15) is 11.5 Å². The largest absolute Gasteiger partial charge is 0.384 e. The van der Waals surface area contributed by atoms with E-state index < -0.39 is 0 Å². The van der Waals surface area contributed by atoms with E-state index in [1.807, 2.05) is 6.07 Å². The fourth-order valence-electron chi connectivity index (χ4n) is 1.18. The lowest BCUT2D eigenvalue weighted by molar-refractivity contribution is 0.424. The lowest BCUT2D eigenvalue weighted by Gasteiger charge is -1.94. The molecule has 0 aromatic carbocycles. The number of aromatic nitrogens is 3. The average molecular weight is 236 g/mol. The van der Waals surface area contributed by atoms with E-state index in [0.29, 0.717) is 23.2 Å². The summed E-state index contributed by atoms with van der Waals surface area (Å²) in [6, 6.07) is 5.32. The van der Waals surface area contributed by atoms with Crippen LogP contribution in [0.25, 0.3) is 11.6 Å². The molecule has 2 N–H and O–H groups in total. The number of hydrogen-bond donors (Lipinski definition) is 1. The van der Waals surface area contributed by atoms with Gasteiger partial charge in [0.05, 0.1) is 5.75 Å². The Bertz CT molecular complexity index is 471. The first-order valence-electron chi connectivity index (χ1n) is 4.93. The Morgan fingerprint density at radius 2 is 2.25 bits per heavy atom. The Kier molecular flexibility index (Phi) is 3.40. The topological polar surface area (TPSA) is 77.8 Å². The van der Waals surface area contributed by atoms with Crippen LogP contribution in [0.5, 0.6) is 0 Å². The minimum atomic E-state index is 0.416. The molecule has 0 radical (unpaired) electrons. The number of hydrogen-bond acceptors (Lipinski definition) is 6. The first-order chi connectivity index (χ1) is 7.79. The molecule has 0 unspecified atom stereocenters. The van der Waals surface area contributed by atoms with Crippen LogP contribution in [0.3, 0.4) is 0 Å². The summed E-state index contributed by atoms with van der Waals surface area (Å²) in [4.78, 5) is 8.35. The molecule has 2 rings (SSSR count). The van der Waals surface area contributed by atoms with Gasteiger partial charge in [0, 0.05) is 0 Å². The molecule has 0 aliphatic carbocycles. The summed E-state index contributed by atoms with van der Waals surface area (Å²) in [7, 11) is 0. The van der Waals surface area contributed by atoms with Crippen molar-refractivity contribution in [2.45, 2.75) is 12.7 Å². The maximum absolute atomic E-state index is 5.58. The molecule has 0 atom stereocenters. The maximum Gasteiger partial charge on any atom is 0.276 e. The van der Waals surface area contributed by atoms with Gasteiger partial charge < -0.3 is 10.3 Å². The monoisotopic (exact) mass is 236 g/mol. The van der Waals surface area contributed by atoms with Gasteiger partial charge >= 0.3 is 0 Å². The van der Waals surface area contributed by atoms with E-state index in [1.165, 1.54) is 0 Å². The van der Waals surface area contributed by atoms with E-state index >= 15 is 0 Å². The van der Waals surface area contributed by atoms with Crippen molar-refractivity contribution < 1.29 is 4.52 Å². The van der Waals surface area contributed by atoms with E-state index in [4.69, 9.17) is 10.3 Å². The molecule has 0 aliphatic heterocycles. The van der Waals surface area contributed by atoms with Crippen LogP contribution in [0.2, 0.25) is 0 Å². The third-order valence-electron chi connectivity index (χ3n) is 1.89. The highest BCUT2D eigenvalue weighted by atomic mass is 32.2. The molecule has 84 valence electrons. The van der Waals surface area contributed by atoms with E-state index in [2.05, 4.69) is 22.0 Å². The van der Waals surface area contributed by atoms with Crippen LogP contribution in [0, 0.1) is 0 Å². The van der Waals surface area contributed by atoms with Gasteiger partial charge in [-0.3, -0.25) is 0 Å². The number of anilines is 1. The fraction of sp³-hybridized carbons (Fsp3) is 0.300. The van der Waals surface area contributed by atoms with Gasteiger partial charge in [-0.15, -0.1) is 0 Å². The van der Waals surface area contributed by atoms with Crippen LogP contribution in [0.15, 0.2) is 22.7 Å². The van der Waals surface area contributed by atoms with Gasteiger partial charge in [-0.1, -0.05) is 18.1 Å². The van der Waals surface area contributed by atoms with Gasteiger partial charge in [0.15, 0.2) is 5.82 Å². The number of rotatable bonds is 4. The summed E-state index contributed by atoms with van der Waals surface area (Å²) in [5, 5.41) is 3.87. The van der Waals surface area contributed by atoms with Crippen molar-refractivity contribution in [2.75, 3.05) is 11.5 Å². The quantitative estimate of drug-likeness (QED) is 0.874. The van der Waals surface area contributed by atoms with Crippen molar-refractivity contribution in [1.82, 2.24) is 15.1 Å². The first kappa shape index (κ1) is 10.9. The number of thioether (sulfide) groups is 1. The first-order valence-corrected chi connectivity index (χ1v) is 6.08. The molecule has 0 bridgehead atoms. The zero-order valence-electron chi connectivity index (χ0n) is 8.88. The molecule has 0 spiro atoms. The van der Waals surface area contributed by atoms with Crippen molar-refractivity contribution in [3.8, 4) is 11.6 Å². The number of pyridine rings is 1. The molecule has 0 saturated heterocycles. The zero-order chi connectivity index (χ0) is 11.4. The smallest absolute Gasteiger partial charge is 0.276 e. The van der Waals surface area contributed by atoms with Crippen molar-refractivity contribution in [2.24, 2.45) is 0 Å². The highest BCUT2D eigenvalue weighted by Gasteiger charge is 2.09. The Morgan fingerprint density at radius 1 is 1.38 bits per heavy atom. The predicted molar refractivity (Wildman–Crippen MR) is 63.8 cm³/mol. The molecule has 6 heteroatoms. The van der Waals surface area contributed by atoms with Crippen molar-refractivity contribution >= 4 is 17.6 Å². The van der Waals surface area contributed by atoms with Gasteiger partial charge in [-0.05, 0) is 17.9 Å². The summed E-state index contributed by atoms with van der Waals surface area (Å²) in [6.07, 6.45) is 0. The molecule has 2 aromatic heterocycles. The highest BCUT2D eigenvalue weighted by molar-refractivity contribution is 7.98. The normalized spacial score (nSPS) is 10.6. The molecule has 0 saturated carbocycles. The summed E-state index contributed by atoms with van der Waals surface area (Å²) in [5.74, 6) is 3.33. The average Bonchev–Trinajstić information content (AvgIpc) is 2.75. The van der Waals surface area contributed by atoms with Crippen molar-refractivity contribution in [3.63, 3.8) is 0 Å². The van der Waals surface area contributed by atoms with Gasteiger partial charge in [0.25, 0.3) is 5.89 Å². The summed E-state index contributed by atoms with van der Waals surface area (Å²) >= 11 is 1.74. The number of nitrogen functional groups attached to an aromatic ring is 1. The molecule has 16 heavy (non-hydrogen) atoms. The predicted octanol–water partition coefficient (Wildman–Crippen LogP) is 1.97. The van der Waals surface area contributed by atoms with Crippen molar-refractivity contribution in [3.05, 3.63) is 24.0 Å². The van der Waals surface area contributed by atoms with Crippen LogP contribution in [-0.2, 0) is 5.75 Å². The fourth-order valence-corrected chi connectivity index (χ4v) is 1.68.